The SMILES string of the molecule is CC(C)c1nc(C#N)c(N/N=C/c2ccc(I)cc2)o1. The van der Waals surface area contributed by atoms with Gasteiger partial charge in [0.1, 0.15) is 6.07 Å². The average molecular weight is 380 g/mol. The zero-order valence-corrected chi connectivity index (χ0v) is 13.2. The van der Waals surface area contributed by atoms with Gasteiger partial charge < -0.3 is 4.42 Å². The van der Waals surface area contributed by atoms with E-state index >= 15 is 0 Å². The lowest BCUT2D eigenvalue weighted by Crippen LogP contribution is -1.91. The molecular formula is C14H13IN4O. The second-order valence-corrected chi connectivity index (χ2v) is 5.66. The molecule has 0 aliphatic carbocycles. The summed E-state index contributed by atoms with van der Waals surface area (Å²) in [6.45, 7) is 3.90. The summed E-state index contributed by atoms with van der Waals surface area (Å²) in [6.07, 6.45) is 1.66. The van der Waals surface area contributed by atoms with Gasteiger partial charge >= 0.3 is 0 Å². The first-order valence-corrected chi connectivity index (χ1v) is 7.13. The summed E-state index contributed by atoms with van der Waals surface area (Å²) in [5.41, 5.74) is 3.89. The van der Waals surface area contributed by atoms with Gasteiger partial charge in [0.05, 0.1) is 6.21 Å². The second-order valence-electron chi connectivity index (χ2n) is 4.42. The van der Waals surface area contributed by atoms with E-state index in [0.717, 1.165) is 9.13 Å². The number of nitrogens with one attached hydrogen (secondary N) is 1. The summed E-state index contributed by atoms with van der Waals surface area (Å²) < 4.78 is 6.63. The van der Waals surface area contributed by atoms with Crippen molar-refractivity contribution in [3.8, 4) is 6.07 Å². The van der Waals surface area contributed by atoms with Crippen LogP contribution in [0.15, 0.2) is 33.8 Å². The quantitative estimate of drug-likeness (QED) is 0.499. The van der Waals surface area contributed by atoms with Gasteiger partial charge in [-0.15, -0.1) is 0 Å². The van der Waals surface area contributed by atoms with Crippen molar-refractivity contribution in [3.05, 3.63) is 45.0 Å². The fourth-order valence-corrected chi connectivity index (χ4v) is 1.81. The Bertz CT molecular complexity index is 653. The molecule has 0 aliphatic rings. The summed E-state index contributed by atoms with van der Waals surface area (Å²) in [5.74, 6) is 0.921. The van der Waals surface area contributed by atoms with E-state index in [4.69, 9.17) is 9.68 Å². The van der Waals surface area contributed by atoms with Gasteiger partial charge in [-0.2, -0.15) is 10.4 Å². The molecule has 0 fully saturated rings. The molecule has 1 heterocycles. The number of hydrogen-bond acceptors (Lipinski definition) is 5. The number of benzene rings is 1. The number of hydrazone groups is 1. The summed E-state index contributed by atoms with van der Waals surface area (Å²) in [6, 6.07) is 9.89. The Morgan fingerprint density at radius 1 is 1.40 bits per heavy atom. The molecule has 0 saturated carbocycles. The minimum atomic E-state index is 0.123. The second kappa shape index (κ2) is 6.52. The highest BCUT2D eigenvalue weighted by molar-refractivity contribution is 14.1. The van der Waals surface area contributed by atoms with E-state index in [-0.39, 0.29) is 17.5 Å². The van der Waals surface area contributed by atoms with Crippen molar-refractivity contribution in [1.29, 1.82) is 5.26 Å². The number of nitriles is 1. The van der Waals surface area contributed by atoms with Crippen molar-refractivity contribution in [3.63, 3.8) is 0 Å². The summed E-state index contributed by atoms with van der Waals surface area (Å²) in [5, 5.41) is 13.1. The lowest BCUT2D eigenvalue weighted by molar-refractivity contribution is 0.481. The van der Waals surface area contributed by atoms with Gasteiger partial charge in [0.25, 0.3) is 5.88 Å². The third-order valence-electron chi connectivity index (χ3n) is 2.49. The van der Waals surface area contributed by atoms with Crippen LogP contribution in [0.5, 0.6) is 0 Å². The van der Waals surface area contributed by atoms with E-state index in [2.05, 4.69) is 38.1 Å². The highest BCUT2D eigenvalue weighted by Crippen LogP contribution is 2.21. The first-order valence-electron chi connectivity index (χ1n) is 6.05. The molecule has 0 radical (unpaired) electrons. The van der Waals surface area contributed by atoms with Crippen molar-refractivity contribution in [2.45, 2.75) is 19.8 Å². The molecule has 2 aromatic rings. The molecule has 20 heavy (non-hydrogen) atoms. The van der Waals surface area contributed by atoms with Crippen LogP contribution in [0.3, 0.4) is 0 Å². The maximum absolute atomic E-state index is 9.00. The molecule has 102 valence electrons. The highest BCUT2D eigenvalue weighted by Gasteiger charge is 2.14. The van der Waals surface area contributed by atoms with Gasteiger partial charge in [-0.25, -0.2) is 10.4 Å². The topological polar surface area (TPSA) is 74.2 Å². The van der Waals surface area contributed by atoms with E-state index < -0.39 is 0 Å². The molecule has 6 heteroatoms. The summed E-state index contributed by atoms with van der Waals surface area (Å²) in [7, 11) is 0. The fourth-order valence-electron chi connectivity index (χ4n) is 1.45. The third-order valence-corrected chi connectivity index (χ3v) is 3.21. The minimum absolute atomic E-state index is 0.123. The van der Waals surface area contributed by atoms with Crippen LogP contribution in [0.25, 0.3) is 0 Å². The molecule has 0 bridgehead atoms. The van der Waals surface area contributed by atoms with Crippen molar-refractivity contribution >= 4 is 34.7 Å². The van der Waals surface area contributed by atoms with Gasteiger partial charge in [-0.05, 0) is 40.3 Å². The molecule has 0 spiro atoms. The highest BCUT2D eigenvalue weighted by atomic mass is 127. The smallest absolute Gasteiger partial charge is 0.252 e. The molecule has 2 rings (SSSR count). The molecule has 1 aromatic heterocycles. The first-order chi connectivity index (χ1) is 9.60. The van der Waals surface area contributed by atoms with Crippen LogP contribution in [0.2, 0.25) is 0 Å². The Labute approximate surface area is 130 Å². The number of hydrogen-bond donors (Lipinski definition) is 1. The van der Waals surface area contributed by atoms with Crippen LogP contribution >= 0.6 is 22.6 Å². The van der Waals surface area contributed by atoms with E-state index in [1.807, 2.05) is 44.2 Å². The lowest BCUT2D eigenvalue weighted by Gasteiger charge is -1.97. The number of halogens is 1. The first kappa shape index (κ1) is 14.5. The van der Waals surface area contributed by atoms with Crippen LogP contribution in [-0.4, -0.2) is 11.2 Å². The van der Waals surface area contributed by atoms with Gasteiger partial charge in [0.15, 0.2) is 0 Å². The molecule has 0 atom stereocenters. The molecular weight excluding hydrogens is 367 g/mol. The lowest BCUT2D eigenvalue weighted by atomic mass is 10.2. The van der Waals surface area contributed by atoms with Gasteiger partial charge in [0.2, 0.25) is 11.6 Å². The third kappa shape index (κ3) is 3.57. The predicted molar refractivity (Wildman–Crippen MR) is 85.7 cm³/mol. The average Bonchev–Trinajstić information content (AvgIpc) is 2.84. The van der Waals surface area contributed by atoms with Crippen LogP contribution in [0, 0.1) is 14.9 Å². The van der Waals surface area contributed by atoms with Crippen molar-refractivity contribution in [2.75, 3.05) is 5.43 Å². The maximum Gasteiger partial charge on any atom is 0.252 e. The van der Waals surface area contributed by atoms with Crippen molar-refractivity contribution < 1.29 is 4.42 Å². The normalized spacial score (nSPS) is 10.9. The van der Waals surface area contributed by atoms with Gasteiger partial charge in [0, 0.05) is 9.49 Å². The molecule has 5 nitrogen and oxygen atoms in total. The van der Waals surface area contributed by atoms with E-state index in [0.29, 0.717) is 5.89 Å². The van der Waals surface area contributed by atoms with Gasteiger partial charge in [-0.3, -0.25) is 0 Å². The number of nitrogens with zero attached hydrogens (tertiary/aromatic N) is 3. The zero-order valence-electron chi connectivity index (χ0n) is 11.1. The monoisotopic (exact) mass is 380 g/mol. The molecule has 0 saturated heterocycles. The van der Waals surface area contributed by atoms with Crippen LogP contribution in [-0.2, 0) is 0 Å². The molecule has 0 aliphatic heterocycles. The fraction of sp³-hybridized carbons (Fsp3) is 0.214. The Balaban J connectivity index is 2.10. The van der Waals surface area contributed by atoms with Gasteiger partial charge in [-0.1, -0.05) is 26.0 Å². The maximum atomic E-state index is 9.00. The number of oxazole rings is 1. The van der Waals surface area contributed by atoms with Crippen LogP contribution in [0.1, 0.15) is 36.9 Å². The molecule has 1 aromatic carbocycles. The summed E-state index contributed by atoms with van der Waals surface area (Å²) in [4.78, 5) is 4.10. The minimum Gasteiger partial charge on any atom is -0.422 e. The number of anilines is 1. The Morgan fingerprint density at radius 3 is 2.70 bits per heavy atom. The molecule has 0 unspecified atom stereocenters. The van der Waals surface area contributed by atoms with E-state index in [1.54, 1.807) is 6.21 Å². The largest absolute Gasteiger partial charge is 0.422 e. The predicted octanol–water partition coefficient (Wildman–Crippen LogP) is 3.72. The Hall–Kier alpha value is -1.88. The zero-order chi connectivity index (χ0) is 14.5. The van der Waals surface area contributed by atoms with Crippen molar-refractivity contribution in [1.82, 2.24) is 4.98 Å². The Morgan fingerprint density at radius 2 is 2.10 bits per heavy atom. The van der Waals surface area contributed by atoms with Crippen LogP contribution < -0.4 is 5.43 Å². The number of aromatic nitrogens is 1. The van der Waals surface area contributed by atoms with Crippen molar-refractivity contribution in [2.24, 2.45) is 5.10 Å². The summed E-state index contributed by atoms with van der Waals surface area (Å²) >= 11 is 2.24. The number of rotatable bonds is 4. The van der Waals surface area contributed by atoms with E-state index in [9.17, 15) is 0 Å². The standard InChI is InChI=1S/C14H13IN4O/c1-9(2)13-18-12(7-16)14(20-13)19-17-8-10-3-5-11(15)6-4-10/h3-6,8-9,19H,1-2H3/b17-8+. The molecule has 1 N–H and O–H groups in total. The molecule has 0 amide bonds. The van der Waals surface area contributed by atoms with E-state index in [1.165, 1.54) is 0 Å². The van der Waals surface area contributed by atoms with Crippen LogP contribution in [0.4, 0.5) is 5.88 Å². The Kier molecular flexibility index (Phi) is 4.74.